The summed E-state index contributed by atoms with van der Waals surface area (Å²) in [5.74, 6) is 0.745. The monoisotopic (exact) mass is 338 g/mol. The molecule has 1 aromatic heterocycles. The minimum atomic E-state index is -0.0293. The van der Waals surface area contributed by atoms with E-state index in [1.807, 2.05) is 24.3 Å². The number of carbonyl (C=O) groups is 1. The molecule has 0 radical (unpaired) electrons. The average Bonchev–Trinajstić information content (AvgIpc) is 2.95. The van der Waals surface area contributed by atoms with Crippen molar-refractivity contribution in [2.45, 2.75) is 13.0 Å². The van der Waals surface area contributed by atoms with E-state index in [-0.39, 0.29) is 5.91 Å². The molecule has 1 aromatic carbocycles. The van der Waals surface area contributed by atoms with Crippen LogP contribution in [0.25, 0.3) is 0 Å². The first-order valence-corrected chi connectivity index (χ1v) is 7.01. The molecule has 7 heteroatoms. The van der Waals surface area contributed by atoms with Crippen LogP contribution >= 0.6 is 15.9 Å². The molecule has 6 nitrogen and oxygen atoms in total. The summed E-state index contributed by atoms with van der Waals surface area (Å²) in [7, 11) is 0. The molecule has 0 fully saturated rings. The van der Waals surface area contributed by atoms with Crippen LogP contribution in [0, 0.1) is 0 Å². The number of rotatable bonds is 7. The molecular weight excluding hydrogens is 324 g/mol. The Hall–Kier alpha value is -1.89. The fourth-order valence-corrected chi connectivity index (χ4v) is 1.95. The highest BCUT2D eigenvalue weighted by Gasteiger charge is 2.02. The Morgan fingerprint density at radius 1 is 1.45 bits per heavy atom. The maximum atomic E-state index is 11.6. The van der Waals surface area contributed by atoms with Crippen LogP contribution in [0.2, 0.25) is 0 Å². The van der Waals surface area contributed by atoms with Crippen LogP contribution in [0.5, 0.6) is 5.75 Å². The predicted molar refractivity (Wildman–Crippen MR) is 77.3 cm³/mol. The number of hydrogen-bond acceptors (Lipinski definition) is 4. The van der Waals surface area contributed by atoms with Gasteiger partial charge >= 0.3 is 0 Å². The first-order chi connectivity index (χ1) is 9.74. The van der Waals surface area contributed by atoms with Crippen LogP contribution in [0.4, 0.5) is 0 Å². The Bertz CT molecular complexity index is 545. The van der Waals surface area contributed by atoms with Crippen molar-refractivity contribution in [3.8, 4) is 5.75 Å². The number of carbonyl (C=O) groups excluding carboxylic acids is 1. The zero-order chi connectivity index (χ0) is 14.2. The van der Waals surface area contributed by atoms with Crippen molar-refractivity contribution in [3.05, 3.63) is 41.4 Å². The van der Waals surface area contributed by atoms with Gasteiger partial charge in [0.1, 0.15) is 25.0 Å². The molecule has 1 N–H and O–H groups in total. The van der Waals surface area contributed by atoms with Crippen LogP contribution in [-0.2, 0) is 11.3 Å². The molecule has 0 aliphatic rings. The molecule has 1 amide bonds. The molecule has 0 aliphatic heterocycles. The van der Waals surface area contributed by atoms with Crippen molar-refractivity contribution in [2.75, 3.05) is 13.2 Å². The zero-order valence-electron chi connectivity index (χ0n) is 10.8. The molecule has 0 atom stereocenters. The third kappa shape index (κ3) is 5.00. The first kappa shape index (κ1) is 14.5. The van der Waals surface area contributed by atoms with E-state index >= 15 is 0 Å². The first-order valence-electron chi connectivity index (χ1n) is 6.21. The van der Waals surface area contributed by atoms with E-state index in [1.54, 1.807) is 11.0 Å². The van der Waals surface area contributed by atoms with Gasteiger partial charge in [0.25, 0.3) is 0 Å². The molecule has 1 heterocycles. The topological polar surface area (TPSA) is 69.0 Å². The maximum absolute atomic E-state index is 11.6. The van der Waals surface area contributed by atoms with Crippen LogP contribution < -0.4 is 10.1 Å². The van der Waals surface area contributed by atoms with Crippen molar-refractivity contribution in [1.82, 2.24) is 20.1 Å². The van der Waals surface area contributed by atoms with Gasteiger partial charge < -0.3 is 10.1 Å². The smallest absolute Gasteiger partial charge is 0.221 e. The Kier molecular flexibility index (Phi) is 5.55. The van der Waals surface area contributed by atoms with Crippen molar-refractivity contribution in [2.24, 2.45) is 0 Å². The minimum absolute atomic E-state index is 0.0293. The second kappa shape index (κ2) is 7.64. The summed E-state index contributed by atoms with van der Waals surface area (Å²) in [5.41, 5.74) is 0. The number of ether oxygens (including phenoxy) is 1. The third-order valence-electron chi connectivity index (χ3n) is 2.52. The maximum Gasteiger partial charge on any atom is 0.221 e. The van der Waals surface area contributed by atoms with Gasteiger partial charge in [0.2, 0.25) is 5.91 Å². The molecule has 20 heavy (non-hydrogen) atoms. The highest BCUT2D eigenvalue weighted by Crippen LogP contribution is 2.17. The minimum Gasteiger partial charge on any atom is -0.492 e. The molecule has 0 aliphatic carbocycles. The summed E-state index contributed by atoms with van der Waals surface area (Å²) in [6.07, 6.45) is 3.41. The summed E-state index contributed by atoms with van der Waals surface area (Å²) in [6.45, 7) is 1.44. The van der Waals surface area contributed by atoms with Gasteiger partial charge in [-0.1, -0.05) is 22.0 Å². The Morgan fingerprint density at radius 3 is 3.10 bits per heavy atom. The van der Waals surface area contributed by atoms with E-state index in [1.165, 1.54) is 6.33 Å². The van der Waals surface area contributed by atoms with Crippen LogP contribution in [0.15, 0.2) is 41.4 Å². The second-order valence-corrected chi connectivity index (χ2v) is 4.98. The van der Waals surface area contributed by atoms with Gasteiger partial charge in [-0.2, -0.15) is 5.10 Å². The van der Waals surface area contributed by atoms with Gasteiger partial charge in [0.15, 0.2) is 0 Å². The molecule has 0 saturated heterocycles. The summed E-state index contributed by atoms with van der Waals surface area (Å²) in [4.78, 5) is 15.4. The lowest BCUT2D eigenvalue weighted by Gasteiger charge is -2.08. The highest BCUT2D eigenvalue weighted by atomic mass is 79.9. The molecule has 0 saturated carbocycles. The molecule has 106 valence electrons. The van der Waals surface area contributed by atoms with E-state index in [2.05, 4.69) is 31.3 Å². The Labute approximate surface area is 125 Å². The van der Waals surface area contributed by atoms with Gasteiger partial charge in [-0.3, -0.25) is 9.48 Å². The lowest BCUT2D eigenvalue weighted by Crippen LogP contribution is -2.28. The second-order valence-electron chi connectivity index (χ2n) is 4.06. The SMILES string of the molecule is O=C(CCn1cncn1)NCCOc1cccc(Br)c1. The Balaban J connectivity index is 1.59. The van der Waals surface area contributed by atoms with Crippen molar-refractivity contribution in [3.63, 3.8) is 0 Å². The highest BCUT2D eigenvalue weighted by molar-refractivity contribution is 9.10. The summed E-state index contributed by atoms with van der Waals surface area (Å²) in [6, 6.07) is 7.58. The largest absolute Gasteiger partial charge is 0.492 e. The number of hydrogen-bond donors (Lipinski definition) is 1. The van der Waals surface area contributed by atoms with Crippen molar-refractivity contribution in [1.29, 1.82) is 0 Å². The number of nitrogens with zero attached hydrogens (tertiary/aromatic N) is 3. The molecule has 0 spiro atoms. The summed E-state index contributed by atoms with van der Waals surface area (Å²) in [5, 5.41) is 6.72. The van der Waals surface area contributed by atoms with Gasteiger partial charge in [-0.25, -0.2) is 4.98 Å². The average molecular weight is 339 g/mol. The molecule has 0 unspecified atom stereocenters. The molecular formula is C13H15BrN4O2. The fraction of sp³-hybridized carbons (Fsp3) is 0.308. The van der Waals surface area contributed by atoms with Gasteiger partial charge in [-0.15, -0.1) is 0 Å². The van der Waals surface area contributed by atoms with Crippen molar-refractivity contribution >= 4 is 21.8 Å². The number of aryl methyl sites for hydroxylation is 1. The van der Waals surface area contributed by atoms with Gasteiger partial charge in [-0.05, 0) is 18.2 Å². The fourth-order valence-electron chi connectivity index (χ4n) is 1.57. The number of halogens is 1. The molecule has 2 rings (SSSR count). The van der Waals surface area contributed by atoms with Gasteiger partial charge in [0, 0.05) is 10.9 Å². The van der Waals surface area contributed by atoms with Gasteiger partial charge in [0.05, 0.1) is 13.1 Å². The van der Waals surface area contributed by atoms with E-state index in [9.17, 15) is 4.79 Å². The standard InChI is InChI=1S/C13H15BrN4O2/c14-11-2-1-3-12(8-11)20-7-5-16-13(19)4-6-18-10-15-9-17-18/h1-3,8-10H,4-7H2,(H,16,19). The normalized spacial score (nSPS) is 10.2. The van der Waals surface area contributed by atoms with E-state index in [0.29, 0.717) is 26.1 Å². The summed E-state index contributed by atoms with van der Waals surface area (Å²) < 4.78 is 8.10. The lowest BCUT2D eigenvalue weighted by atomic mass is 10.3. The quantitative estimate of drug-likeness (QED) is 0.779. The number of aromatic nitrogens is 3. The number of nitrogens with one attached hydrogen (secondary N) is 1. The summed E-state index contributed by atoms with van der Waals surface area (Å²) >= 11 is 3.37. The van der Waals surface area contributed by atoms with Crippen LogP contribution in [0.1, 0.15) is 6.42 Å². The number of amides is 1. The predicted octanol–water partition coefficient (Wildman–Crippen LogP) is 1.63. The number of benzene rings is 1. The van der Waals surface area contributed by atoms with E-state index in [0.717, 1.165) is 10.2 Å². The zero-order valence-corrected chi connectivity index (χ0v) is 12.4. The van der Waals surface area contributed by atoms with Crippen LogP contribution in [-0.4, -0.2) is 33.8 Å². The van der Waals surface area contributed by atoms with E-state index in [4.69, 9.17) is 4.74 Å². The molecule has 0 bridgehead atoms. The molecule has 2 aromatic rings. The lowest BCUT2D eigenvalue weighted by molar-refractivity contribution is -0.121. The third-order valence-corrected chi connectivity index (χ3v) is 3.02. The van der Waals surface area contributed by atoms with Crippen LogP contribution in [0.3, 0.4) is 0 Å². The Morgan fingerprint density at radius 2 is 2.35 bits per heavy atom. The van der Waals surface area contributed by atoms with Crippen molar-refractivity contribution < 1.29 is 9.53 Å². The van der Waals surface area contributed by atoms with E-state index < -0.39 is 0 Å².